The first-order valence-corrected chi connectivity index (χ1v) is 12.7. The highest BCUT2D eigenvalue weighted by atomic mass is 32.2. The maximum Gasteiger partial charge on any atom is 0.264 e. The fraction of sp³-hybridized carbons (Fsp3) is 0.0741. The number of hydrogen-bond donors (Lipinski definition) is 2. The summed E-state index contributed by atoms with van der Waals surface area (Å²) in [5.41, 5.74) is 2.03. The molecule has 37 heavy (non-hydrogen) atoms. The van der Waals surface area contributed by atoms with Crippen LogP contribution in [0.4, 0.5) is 11.6 Å². The summed E-state index contributed by atoms with van der Waals surface area (Å²) < 4.78 is 27.9. The number of azo groups is 1. The first-order valence-electron chi connectivity index (χ1n) is 11.2. The fourth-order valence-electron chi connectivity index (χ4n) is 3.41. The van der Waals surface area contributed by atoms with E-state index in [0.717, 1.165) is 0 Å². The summed E-state index contributed by atoms with van der Waals surface area (Å²) in [6.07, 6.45) is 0. The van der Waals surface area contributed by atoms with Crippen LogP contribution in [0, 0.1) is 13.8 Å². The number of rotatable bonds is 8. The number of anilines is 1. The van der Waals surface area contributed by atoms with Gasteiger partial charge in [-0.2, -0.15) is 5.11 Å². The topological polar surface area (TPSA) is 134 Å². The third kappa shape index (κ3) is 6.30. The van der Waals surface area contributed by atoms with Crippen LogP contribution in [0.25, 0.3) is 5.76 Å². The summed E-state index contributed by atoms with van der Waals surface area (Å²) in [5.74, 6) is -0.857. The van der Waals surface area contributed by atoms with Crippen LogP contribution in [0.2, 0.25) is 0 Å². The average molecular weight is 514 g/mol. The Balaban J connectivity index is 1.62. The highest BCUT2D eigenvalue weighted by molar-refractivity contribution is 7.92. The van der Waals surface area contributed by atoms with Crippen LogP contribution in [0.3, 0.4) is 0 Å². The summed E-state index contributed by atoms with van der Waals surface area (Å²) >= 11 is 0. The Morgan fingerprint density at radius 1 is 0.811 bits per heavy atom. The zero-order valence-electron chi connectivity index (χ0n) is 20.0. The van der Waals surface area contributed by atoms with Crippen LogP contribution < -0.4 is 4.72 Å². The molecule has 0 saturated carbocycles. The van der Waals surface area contributed by atoms with Crippen LogP contribution in [0.15, 0.2) is 112 Å². The molecule has 0 amide bonds. The van der Waals surface area contributed by atoms with Gasteiger partial charge in [-0.05, 0) is 44.2 Å². The molecule has 186 valence electrons. The number of aliphatic hydroxyl groups excluding tert-OH is 1. The molecule has 3 aromatic carbocycles. The fourth-order valence-corrected chi connectivity index (χ4v) is 4.35. The molecule has 4 aromatic rings. The van der Waals surface area contributed by atoms with Gasteiger partial charge >= 0.3 is 0 Å². The number of sulfonamides is 1. The molecule has 10 heteroatoms. The zero-order valence-corrected chi connectivity index (χ0v) is 20.8. The lowest BCUT2D eigenvalue weighted by atomic mass is 10.1. The molecule has 0 saturated heterocycles. The third-order valence-corrected chi connectivity index (χ3v) is 6.49. The Morgan fingerprint density at radius 3 is 1.92 bits per heavy atom. The van der Waals surface area contributed by atoms with Crippen LogP contribution in [-0.4, -0.2) is 29.3 Å². The first-order chi connectivity index (χ1) is 17.7. The molecular weight excluding hydrogens is 490 g/mol. The Morgan fingerprint density at radius 2 is 1.35 bits per heavy atom. The summed E-state index contributed by atoms with van der Waals surface area (Å²) in [6.45, 7) is 3.49. The molecule has 0 radical (unpaired) electrons. The molecule has 0 atom stereocenters. The van der Waals surface area contributed by atoms with E-state index in [1.54, 1.807) is 80.6 Å². The number of benzene rings is 3. The summed E-state index contributed by atoms with van der Waals surface area (Å²) in [6, 6.07) is 24.2. The number of ketones is 1. The van der Waals surface area contributed by atoms with Gasteiger partial charge in [-0.1, -0.05) is 60.7 Å². The second-order valence-electron chi connectivity index (χ2n) is 8.03. The number of aromatic nitrogens is 2. The number of Topliss-reactive ketones (excluding diaryl/α,β-unsaturated/α-hetero) is 1. The predicted octanol–water partition coefficient (Wildman–Crippen LogP) is 5.79. The number of carbonyl (C=O) groups is 1. The van der Waals surface area contributed by atoms with Gasteiger partial charge in [0.1, 0.15) is 0 Å². The Bertz CT molecular complexity index is 1570. The molecule has 0 unspecified atom stereocenters. The van der Waals surface area contributed by atoms with E-state index in [9.17, 15) is 18.3 Å². The largest absolute Gasteiger partial charge is 0.505 e. The van der Waals surface area contributed by atoms with Crippen LogP contribution >= 0.6 is 0 Å². The van der Waals surface area contributed by atoms with Crippen molar-refractivity contribution in [2.45, 2.75) is 18.7 Å². The van der Waals surface area contributed by atoms with E-state index < -0.39 is 15.8 Å². The molecule has 0 fully saturated rings. The minimum atomic E-state index is -3.94. The van der Waals surface area contributed by atoms with Gasteiger partial charge in [0.25, 0.3) is 10.0 Å². The van der Waals surface area contributed by atoms with Crippen LogP contribution in [0.1, 0.15) is 27.3 Å². The van der Waals surface area contributed by atoms with Crippen LogP contribution in [0.5, 0.6) is 0 Å². The Kier molecular flexibility index (Phi) is 7.49. The van der Waals surface area contributed by atoms with Crippen molar-refractivity contribution in [3.8, 4) is 0 Å². The first kappa shape index (κ1) is 25.4. The molecule has 0 aliphatic carbocycles. The van der Waals surface area contributed by atoms with Gasteiger partial charge in [-0.3, -0.25) is 4.79 Å². The monoisotopic (exact) mass is 513 g/mol. The maximum atomic E-state index is 13.1. The van der Waals surface area contributed by atoms with E-state index in [4.69, 9.17) is 0 Å². The molecule has 0 spiro atoms. The smallest absolute Gasteiger partial charge is 0.264 e. The molecule has 1 heterocycles. The predicted molar refractivity (Wildman–Crippen MR) is 140 cm³/mol. The zero-order chi connectivity index (χ0) is 26.4. The van der Waals surface area contributed by atoms with Gasteiger partial charge < -0.3 is 5.11 Å². The van der Waals surface area contributed by atoms with Crippen LogP contribution in [-0.2, 0) is 10.0 Å². The summed E-state index contributed by atoms with van der Waals surface area (Å²) in [5, 5.41) is 18.9. The molecule has 0 bridgehead atoms. The third-order valence-electron chi connectivity index (χ3n) is 5.14. The highest BCUT2D eigenvalue weighted by Gasteiger charge is 2.19. The lowest BCUT2D eigenvalue weighted by Gasteiger charge is -2.08. The van der Waals surface area contributed by atoms with Gasteiger partial charge in [0.15, 0.2) is 11.5 Å². The lowest BCUT2D eigenvalue weighted by Crippen LogP contribution is -2.15. The van der Waals surface area contributed by atoms with Crippen molar-refractivity contribution < 1.29 is 18.3 Å². The maximum absolute atomic E-state index is 13.1. The van der Waals surface area contributed by atoms with E-state index in [1.807, 2.05) is 0 Å². The number of aryl methyl sites for hydroxylation is 2. The van der Waals surface area contributed by atoms with E-state index in [2.05, 4.69) is 24.9 Å². The Labute approximate surface area is 214 Å². The second-order valence-corrected chi connectivity index (χ2v) is 9.71. The second kappa shape index (κ2) is 10.9. The summed E-state index contributed by atoms with van der Waals surface area (Å²) in [4.78, 5) is 21.3. The van der Waals surface area contributed by atoms with E-state index in [1.165, 1.54) is 24.3 Å². The molecular formula is C27H23N5O4S. The van der Waals surface area contributed by atoms with E-state index >= 15 is 0 Å². The molecule has 9 nitrogen and oxygen atoms in total. The molecule has 4 rings (SSSR count). The number of nitrogens with zero attached hydrogens (tertiary/aromatic N) is 4. The van der Waals surface area contributed by atoms with Gasteiger partial charge in [-0.25, -0.2) is 23.1 Å². The van der Waals surface area contributed by atoms with Crippen molar-refractivity contribution in [3.05, 3.63) is 119 Å². The summed E-state index contributed by atoms with van der Waals surface area (Å²) in [7, 11) is -3.94. The van der Waals surface area contributed by atoms with E-state index in [0.29, 0.717) is 22.5 Å². The molecule has 1 aromatic heterocycles. The standard InChI is InChI=1S/C27H23N5O4S/c1-18-17-19(2)29-27(28-18)32-37(35,36)23-15-13-22(14-16-23)30-31-24(25(33)20-9-5-3-6-10-20)26(34)21-11-7-4-8-12-21/h3-17,33H,1-2H3,(H,28,29,32). The van der Waals surface area contributed by atoms with Crippen molar-refractivity contribution in [2.24, 2.45) is 10.2 Å². The molecule has 2 N–H and O–H groups in total. The van der Waals surface area contributed by atoms with Crippen molar-refractivity contribution in [1.82, 2.24) is 9.97 Å². The van der Waals surface area contributed by atoms with Gasteiger partial charge in [0.2, 0.25) is 11.7 Å². The SMILES string of the molecule is Cc1cc(C)nc(NS(=O)(=O)c2ccc(N=NC(C(=O)c3ccccc3)=C(O)c3ccccc3)cc2)n1. The van der Waals surface area contributed by atoms with Crippen molar-refractivity contribution in [3.63, 3.8) is 0 Å². The normalized spacial score (nSPS) is 12.3. The number of carbonyl (C=O) groups excluding carboxylic acids is 1. The number of nitrogens with one attached hydrogen (secondary N) is 1. The number of allylic oxidation sites excluding steroid dienone is 1. The quantitative estimate of drug-likeness (QED) is 0.133. The lowest BCUT2D eigenvalue weighted by molar-refractivity contribution is 0.103. The molecule has 0 aliphatic rings. The van der Waals surface area contributed by atoms with Gasteiger partial charge in [-0.15, -0.1) is 5.11 Å². The average Bonchev–Trinajstić information content (AvgIpc) is 2.89. The van der Waals surface area contributed by atoms with E-state index in [-0.39, 0.29) is 28.0 Å². The minimum Gasteiger partial charge on any atom is -0.505 e. The Hall–Kier alpha value is -4.70. The van der Waals surface area contributed by atoms with Crippen molar-refractivity contribution >= 4 is 33.2 Å². The number of aliphatic hydroxyl groups is 1. The number of hydrogen-bond acceptors (Lipinski definition) is 8. The van der Waals surface area contributed by atoms with Gasteiger partial charge in [0.05, 0.1) is 10.6 Å². The van der Waals surface area contributed by atoms with Crippen molar-refractivity contribution in [2.75, 3.05) is 4.72 Å². The highest BCUT2D eigenvalue weighted by Crippen LogP contribution is 2.24. The van der Waals surface area contributed by atoms with Gasteiger partial charge in [0, 0.05) is 22.5 Å². The molecule has 0 aliphatic heterocycles. The van der Waals surface area contributed by atoms with Crippen molar-refractivity contribution in [1.29, 1.82) is 0 Å². The minimum absolute atomic E-state index is 0.0214.